The number of nitrogens with zero attached hydrogens (tertiary/aromatic N) is 1. The van der Waals surface area contributed by atoms with Crippen LogP contribution in [0.4, 0.5) is 5.69 Å². The van der Waals surface area contributed by atoms with Crippen LogP contribution in [0.15, 0.2) is 48.2 Å². The number of benzene rings is 2. The molecular formula is C30H36ClNO5. The second-order valence-corrected chi connectivity index (χ2v) is 10.8. The third-order valence-corrected chi connectivity index (χ3v) is 8.31. The van der Waals surface area contributed by atoms with Crippen LogP contribution in [0.1, 0.15) is 73.4 Å². The lowest BCUT2D eigenvalue weighted by Gasteiger charge is -2.40. The van der Waals surface area contributed by atoms with Gasteiger partial charge in [-0.25, -0.2) is 4.79 Å². The zero-order valence-electron chi connectivity index (χ0n) is 21.9. The summed E-state index contributed by atoms with van der Waals surface area (Å²) < 4.78 is 10.7. The molecular weight excluding hydrogens is 490 g/mol. The highest BCUT2D eigenvalue weighted by Gasteiger charge is 2.40. The Hall–Kier alpha value is -2.83. The van der Waals surface area contributed by atoms with Gasteiger partial charge in [0.25, 0.3) is 0 Å². The lowest BCUT2D eigenvalue weighted by molar-refractivity contribution is -0.119. The number of carbonyl (C=O) groups excluding carboxylic acids is 1. The van der Waals surface area contributed by atoms with Crippen LogP contribution < -0.4 is 9.64 Å². The molecule has 0 saturated heterocycles. The quantitative estimate of drug-likeness (QED) is 0.390. The number of carboxylic acid groups (broad SMARTS) is 1. The molecule has 1 fully saturated rings. The first-order valence-electron chi connectivity index (χ1n) is 13.0. The van der Waals surface area contributed by atoms with Crippen LogP contribution in [-0.4, -0.2) is 37.8 Å². The van der Waals surface area contributed by atoms with Crippen LogP contribution in [0.3, 0.4) is 0 Å². The van der Waals surface area contributed by atoms with Crippen molar-refractivity contribution in [3.8, 4) is 5.75 Å². The van der Waals surface area contributed by atoms with E-state index < -0.39 is 11.4 Å². The number of rotatable bonds is 9. The fourth-order valence-corrected chi connectivity index (χ4v) is 5.95. The summed E-state index contributed by atoms with van der Waals surface area (Å²) in [5.41, 5.74) is 3.31. The van der Waals surface area contributed by atoms with Gasteiger partial charge in [0, 0.05) is 42.8 Å². The van der Waals surface area contributed by atoms with Crippen molar-refractivity contribution >= 4 is 29.2 Å². The molecule has 198 valence electrons. The van der Waals surface area contributed by atoms with E-state index in [1.54, 1.807) is 24.1 Å². The molecule has 1 saturated carbocycles. The first-order valence-corrected chi connectivity index (χ1v) is 13.4. The minimum absolute atomic E-state index is 0.0482. The van der Waals surface area contributed by atoms with Crippen molar-refractivity contribution in [2.24, 2.45) is 5.92 Å². The number of methoxy groups -OCH3 is 2. The van der Waals surface area contributed by atoms with Crippen molar-refractivity contribution in [1.29, 1.82) is 0 Å². The average Bonchev–Trinajstić information content (AvgIpc) is 2.89. The summed E-state index contributed by atoms with van der Waals surface area (Å²) in [6, 6.07) is 11.0. The first-order chi connectivity index (χ1) is 17.8. The maximum Gasteiger partial charge on any atom is 0.339 e. The minimum atomic E-state index is -1.08. The number of amides is 1. The molecule has 1 aliphatic carbocycles. The van der Waals surface area contributed by atoms with E-state index in [2.05, 4.69) is 19.1 Å². The number of ether oxygens (including phenoxy) is 2. The Labute approximate surface area is 224 Å². The molecule has 0 radical (unpaired) electrons. The van der Waals surface area contributed by atoms with Crippen LogP contribution in [0, 0.1) is 5.92 Å². The molecule has 1 heterocycles. The van der Waals surface area contributed by atoms with E-state index in [0.717, 1.165) is 22.6 Å². The van der Waals surface area contributed by atoms with Crippen LogP contribution in [0.2, 0.25) is 5.02 Å². The van der Waals surface area contributed by atoms with Gasteiger partial charge in [-0.05, 0) is 53.7 Å². The van der Waals surface area contributed by atoms with E-state index in [1.165, 1.54) is 50.8 Å². The zero-order chi connectivity index (χ0) is 26.6. The van der Waals surface area contributed by atoms with Crippen LogP contribution in [0.5, 0.6) is 5.75 Å². The molecule has 37 heavy (non-hydrogen) atoms. The summed E-state index contributed by atoms with van der Waals surface area (Å²) in [4.78, 5) is 26.6. The van der Waals surface area contributed by atoms with E-state index in [4.69, 9.17) is 21.1 Å². The molecule has 1 atom stereocenters. The van der Waals surface area contributed by atoms with Crippen molar-refractivity contribution in [1.82, 2.24) is 0 Å². The zero-order valence-corrected chi connectivity index (χ0v) is 22.6. The molecule has 1 N–H and O–H groups in total. The molecule has 1 aliphatic heterocycles. The highest BCUT2D eigenvalue weighted by atomic mass is 35.5. The summed E-state index contributed by atoms with van der Waals surface area (Å²) in [5.74, 6) is -0.269. The molecule has 2 aromatic rings. The lowest BCUT2D eigenvalue weighted by Crippen LogP contribution is -2.41. The van der Waals surface area contributed by atoms with E-state index in [0.29, 0.717) is 24.6 Å². The second kappa shape index (κ2) is 11.7. The van der Waals surface area contributed by atoms with E-state index in [9.17, 15) is 14.7 Å². The Morgan fingerprint density at radius 1 is 1.14 bits per heavy atom. The minimum Gasteiger partial charge on any atom is -0.496 e. The first kappa shape index (κ1) is 27.2. The molecule has 2 aliphatic rings. The Balaban J connectivity index is 1.67. The van der Waals surface area contributed by atoms with Crippen LogP contribution >= 0.6 is 11.6 Å². The number of carboxylic acids is 1. The summed E-state index contributed by atoms with van der Waals surface area (Å²) >= 11 is 6.82. The van der Waals surface area contributed by atoms with E-state index >= 15 is 0 Å². The van der Waals surface area contributed by atoms with E-state index in [-0.39, 0.29) is 23.6 Å². The average molecular weight is 526 g/mol. The van der Waals surface area contributed by atoms with Crippen molar-refractivity contribution in [2.45, 2.75) is 63.7 Å². The molecule has 0 spiro atoms. The van der Waals surface area contributed by atoms with Crippen molar-refractivity contribution in [2.75, 3.05) is 25.7 Å². The monoisotopic (exact) mass is 525 g/mol. The molecule has 7 heteroatoms. The topological polar surface area (TPSA) is 76.1 Å². The van der Waals surface area contributed by atoms with Gasteiger partial charge in [-0.3, -0.25) is 9.69 Å². The molecule has 1 amide bonds. The normalized spacial score (nSPS) is 20.6. The van der Waals surface area contributed by atoms with Gasteiger partial charge in [0.05, 0.1) is 12.8 Å². The van der Waals surface area contributed by atoms with Gasteiger partial charge in [-0.2, -0.15) is 0 Å². The molecule has 2 aromatic carbocycles. The molecule has 0 unspecified atom stereocenters. The standard InChI is InChI=1S/C30H36ClNO5/c1-30(22-10-9-21(26(31)16-22)15-20-7-5-4-6-8-20)18-28(33)32(19-23(30)13-14-36-2)24-11-12-25(29(34)35)27(17-24)37-3/h9-12,16-17,19-20H,4-8,13-15,18H2,1-3H3,(H,34,35)/t30-/m0/s1. The van der Waals surface area contributed by atoms with Gasteiger partial charge in [-0.1, -0.05) is 62.8 Å². The largest absolute Gasteiger partial charge is 0.496 e. The Bertz CT molecular complexity index is 1190. The third kappa shape index (κ3) is 5.86. The predicted molar refractivity (Wildman–Crippen MR) is 146 cm³/mol. The molecule has 0 aromatic heterocycles. The van der Waals surface area contributed by atoms with E-state index in [1.807, 2.05) is 12.3 Å². The van der Waals surface area contributed by atoms with Gasteiger partial charge >= 0.3 is 5.97 Å². The second-order valence-electron chi connectivity index (χ2n) is 10.4. The smallest absolute Gasteiger partial charge is 0.339 e. The fraction of sp³-hybridized carbons (Fsp3) is 0.467. The maximum absolute atomic E-state index is 13.5. The number of hydrogen-bond donors (Lipinski definition) is 1. The van der Waals surface area contributed by atoms with Crippen molar-refractivity contribution in [3.63, 3.8) is 0 Å². The Kier molecular flexibility index (Phi) is 8.60. The fourth-order valence-electron chi connectivity index (χ4n) is 5.69. The maximum atomic E-state index is 13.5. The summed E-state index contributed by atoms with van der Waals surface area (Å²) in [7, 11) is 3.08. The van der Waals surface area contributed by atoms with Crippen molar-refractivity contribution < 1.29 is 24.2 Å². The van der Waals surface area contributed by atoms with Crippen LogP contribution in [-0.2, 0) is 21.4 Å². The lowest BCUT2D eigenvalue weighted by atomic mass is 9.70. The predicted octanol–water partition coefficient (Wildman–Crippen LogP) is 6.78. The number of anilines is 1. The van der Waals surface area contributed by atoms with Gasteiger partial charge in [0.15, 0.2) is 0 Å². The molecule has 4 rings (SSSR count). The van der Waals surface area contributed by atoms with Gasteiger partial charge in [0.2, 0.25) is 5.91 Å². The molecule has 6 nitrogen and oxygen atoms in total. The van der Waals surface area contributed by atoms with Crippen molar-refractivity contribution in [3.05, 3.63) is 69.9 Å². The summed E-state index contributed by atoms with van der Waals surface area (Å²) in [6.45, 7) is 2.60. The number of carbonyl (C=O) groups is 2. The highest BCUT2D eigenvalue weighted by Crippen LogP contribution is 2.44. The SMILES string of the molecule is COCCC1=CN(c2ccc(C(=O)O)c(OC)c2)C(=O)C[C@@]1(C)c1ccc(CC2CCCCC2)c(Cl)c1. The highest BCUT2D eigenvalue weighted by molar-refractivity contribution is 6.31. The summed E-state index contributed by atoms with van der Waals surface area (Å²) in [6.07, 6.45) is 10.2. The molecule has 0 bridgehead atoms. The van der Waals surface area contributed by atoms with Gasteiger partial charge in [-0.15, -0.1) is 0 Å². The number of aromatic carboxylic acids is 1. The van der Waals surface area contributed by atoms with Gasteiger partial charge < -0.3 is 14.6 Å². The third-order valence-electron chi connectivity index (χ3n) is 7.96. The number of halogens is 1. The Morgan fingerprint density at radius 3 is 2.54 bits per heavy atom. The number of hydrogen-bond acceptors (Lipinski definition) is 4. The Morgan fingerprint density at radius 2 is 1.89 bits per heavy atom. The summed E-state index contributed by atoms with van der Waals surface area (Å²) in [5, 5.41) is 10.2. The van der Waals surface area contributed by atoms with Crippen LogP contribution in [0.25, 0.3) is 0 Å². The van der Waals surface area contributed by atoms with Gasteiger partial charge in [0.1, 0.15) is 11.3 Å².